The molecule has 1 saturated heterocycles. The van der Waals surface area contributed by atoms with Gasteiger partial charge in [-0.3, -0.25) is 4.79 Å². The van der Waals surface area contributed by atoms with E-state index in [-0.39, 0.29) is 25.4 Å². The summed E-state index contributed by atoms with van der Waals surface area (Å²) in [5, 5.41) is 8.05. The van der Waals surface area contributed by atoms with E-state index < -0.39 is 17.5 Å². The van der Waals surface area contributed by atoms with Gasteiger partial charge in [-0.05, 0) is 36.8 Å². The number of aromatic nitrogens is 3. The van der Waals surface area contributed by atoms with Crippen LogP contribution in [0.4, 0.5) is 13.2 Å². The highest BCUT2D eigenvalue weighted by molar-refractivity contribution is 6.00. The second kappa shape index (κ2) is 5.19. The van der Waals surface area contributed by atoms with E-state index in [4.69, 9.17) is 0 Å². The number of alkyl halides is 3. The van der Waals surface area contributed by atoms with Gasteiger partial charge in [0.15, 0.2) is 0 Å². The number of likely N-dealkylation sites (tertiary alicyclic amines) is 1. The zero-order valence-corrected chi connectivity index (χ0v) is 13.0. The molecule has 4 rings (SSSR count). The number of piperidine rings is 1. The highest BCUT2D eigenvalue weighted by Gasteiger charge is 2.58. The van der Waals surface area contributed by atoms with Gasteiger partial charge in [-0.25, -0.2) is 0 Å². The summed E-state index contributed by atoms with van der Waals surface area (Å²) in [5.41, 5.74) is 0.166. The van der Waals surface area contributed by atoms with Crippen LogP contribution in [0.2, 0.25) is 0 Å². The van der Waals surface area contributed by atoms with Crippen molar-refractivity contribution in [2.24, 2.45) is 11.3 Å². The van der Waals surface area contributed by atoms with Crippen LogP contribution in [0.5, 0.6) is 0 Å². The molecule has 2 fully saturated rings. The third kappa shape index (κ3) is 2.27. The highest BCUT2D eigenvalue weighted by atomic mass is 19.4. The Morgan fingerprint density at radius 1 is 1.29 bits per heavy atom. The van der Waals surface area contributed by atoms with Crippen LogP contribution in [0, 0.1) is 11.3 Å². The van der Waals surface area contributed by atoms with Crippen LogP contribution in [0.15, 0.2) is 24.5 Å². The van der Waals surface area contributed by atoms with E-state index in [1.165, 1.54) is 10.8 Å². The summed E-state index contributed by atoms with van der Waals surface area (Å²) >= 11 is 0. The lowest BCUT2D eigenvalue weighted by molar-refractivity contribution is -0.235. The first kappa shape index (κ1) is 15.4. The van der Waals surface area contributed by atoms with Crippen LogP contribution >= 0.6 is 0 Å². The number of hydrogen-bond acceptors (Lipinski definition) is 3. The van der Waals surface area contributed by atoms with Gasteiger partial charge in [0.2, 0.25) is 0 Å². The smallest absolute Gasteiger partial charge is 0.338 e. The predicted octanol–water partition coefficient (Wildman–Crippen LogP) is 2.92. The fraction of sp³-hybridized carbons (Fsp3) is 0.562. The molecule has 1 aliphatic carbocycles. The van der Waals surface area contributed by atoms with Crippen LogP contribution in [0.3, 0.4) is 0 Å². The number of carbonyl (C=O) groups excluding carboxylic acids is 1. The van der Waals surface area contributed by atoms with Crippen molar-refractivity contribution in [2.45, 2.75) is 31.9 Å². The Kier molecular flexibility index (Phi) is 3.33. The second-order valence-corrected chi connectivity index (χ2v) is 6.78. The van der Waals surface area contributed by atoms with Crippen molar-refractivity contribution in [3.63, 3.8) is 0 Å². The molecule has 1 aliphatic heterocycles. The van der Waals surface area contributed by atoms with Gasteiger partial charge in [0.05, 0.1) is 17.7 Å². The molecule has 1 unspecified atom stereocenters. The average molecular weight is 338 g/mol. The highest BCUT2D eigenvalue weighted by Crippen LogP contribution is 2.56. The summed E-state index contributed by atoms with van der Waals surface area (Å²) < 4.78 is 41.4. The first-order valence-corrected chi connectivity index (χ1v) is 8.06. The van der Waals surface area contributed by atoms with Gasteiger partial charge < -0.3 is 4.90 Å². The number of fused-ring (bicyclic) bond motifs is 1. The molecule has 1 amide bonds. The summed E-state index contributed by atoms with van der Waals surface area (Å²) in [4.78, 5) is 14.4. The van der Waals surface area contributed by atoms with E-state index in [1.807, 2.05) is 0 Å². The van der Waals surface area contributed by atoms with Crippen molar-refractivity contribution >= 4 is 11.4 Å². The summed E-state index contributed by atoms with van der Waals surface area (Å²) in [7, 11) is 0. The van der Waals surface area contributed by atoms with Crippen LogP contribution in [0.1, 0.15) is 36.0 Å². The molecule has 5 nitrogen and oxygen atoms in total. The van der Waals surface area contributed by atoms with Gasteiger partial charge in [-0.15, -0.1) is 0 Å². The molecule has 1 saturated carbocycles. The molecule has 24 heavy (non-hydrogen) atoms. The van der Waals surface area contributed by atoms with E-state index in [1.54, 1.807) is 23.2 Å². The van der Waals surface area contributed by atoms with Crippen LogP contribution in [-0.4, -0.2) is 44.9 Å². The Hall–Kier alpha value is -2.12. The lowest BCUT2D eigenvalue weighted by Gasteiger charge is -2.54. The van der Waals surface area contributed by atoms with Crippen molar-refractivity contribution in [1.29, 1.82) is 0 Å². The van der Waals surface area contributed by atoms with Gasteiger partial charge in [0.1, 0.15) is 5.52 Å². The number of rotatable bonds is 1. The monoisotopic (exact) mass is 338 g/mol. The third-order valence-electron chi connectivity index (χ3n) is 5.50. The lowest BCUT2D eigenvalue weighted by atomic mass is 9.58. The fourth-order valence-electron chi connectivity index (χ4n) is 4.15. The summed E-state index contributed by atoms with van der Waals surface area (Å²) in [5.74, 6) is -1.56. The maximum absolute atomic E-state index is 13.3. The Labute approximate surface area is 136 Å². The maximum Gasteiger partial charge on any atom is 0.392 e. The van der Waals surface area contributed by atoms with Crippen LogP contribution in [0.25, 0.3) is 5.52 Å². The first-order chi connectivity index (χ1) is 11.4. The Morgan fingerprint density at radius 2 is 2.08 bits per heavy atom. The van der Waals surface area contributed by atoms with Crippen LogP contribution < -0.4 is 0 Å². The van der Waals surface area contributed by atoms with Crippen molar-refractivity contribution in [2.75, 3.05) is 13.1 Å². The molecule has 1 atom stereocenters. The van der Waals surface area contributed by atoms with Crippen molar-refractivity contribution in [3.05, 3.63) is 30.1 Å². The molecule has 0 aromatic carbocycles. The molecular formula is C16H17F3N4O. The molecular weight excluding hydrogens is 321 g/mol. The Bertz CT molecular complexity index is 781. The molecule has 128 valence electrons. The Morgan fingerprint density at radius 3 is 2.75 bits per heavy atom. The average Bonchev–Trinajstić information content (AvgIpc) is 2.95. The molecule has 2 aromatic rings. The van der Waals surface area contributed by atoms with E-state index in [0.29, 0.717) is 23.9 Å². The molecule has 0 radical (unpaired) electrons. The van der Waals surface area contributed by atoms with E-state index >= 15 is 0 Å². The van der Waals surface area contributed by atoms with Crippen molar-refractivity contribution < 1.29 is 18.0 Å². The topological polar surface area (TPSA) is 50.5 Å². The summed E-state index contributed by atoms with van der Waals surface area (Å²) in [6.45, 7) is 0.302. The quantitative estimate of drug-likeness (QED) is 0.803. The molecule has 1 spiro atoms. The standard InChI is InChI=1S/C16H17F3N4O/c17-16(18,19)13-4-8-22(10-15(13)5-2-6-15)14(24)11-9-21-23-12(11)3-1-7-20-23/h1,3,7,9,13H,2,4-6,8,10H2. The number of carbonyl (C=O) groups is 1. The van der Waals surface area contributed by atoms with Crippen LogP contribution in [-0.2, 0) is 0 Å². The molecule has 0 N–H and O–H groups in total. The van der Waals surface area contributed by atoms with Gasteiger partial charge in [0.25, 0.3) is 5.91 Å². The summed E-state index contributed by atoms with van der Waals surface area (Å²) in [6.07, 6.45) is 0.667. The van der Waals surface area contributed by atoms with Gasteiger partial charge in [-0.2, -0.15) is 28.0 Å². The largest absolute Gasteiger partial charge is 0.392 e. The minimum Gasteiger partial charge on any atom is -0.338 e. The second-order valence-electron chi connectivity index (χ2n) is 6.78. The molecule has 0 bridgehead atoms. The van der Waals surface area contributed by atoms with E-state index in [9.17, 15) is 18.0 Å². The predicted molar refractivity (Wildman–Crippen MR) is 79.3 cm³/mol. The number of halogens is 3. The normalized spacial score (nSPS) is 23.5. The minimum atomic E-state index is -4.19. The molecule has 3 heterocycles. The maximum atomic E-state index is 13.3. The minimum absolute atomic E-state index is 0.0211. The van der Waals surface area contributed by atoms with Gasteiger partial charge in [0, 0.05) is 19.3 Å². The lowest BCUT2D eigenvalue weighted by Crippen LogP contribution is -2.57. The fourth-order valence-corrected chi connectivity index (χ4v) is 4.15. The number of amides is 1. The van der Waals surface area contributed by atoms with E-state index in [0.717, 1.165) is 6.42 Å². The SMILES string of the molecule is O=C(c1cnn2ncccc12)N1CCC(C(F)(F)F)C2(CCC2)C1. The Balaban J connectivity index is 1.61. The first-order valence-electron chi connectivity index (χ1n) is 8.06. The van der Waals surface area contributed by atoms with Crippen molar-refractivity contribution in [1.82, 2.24) is 19.7 Å². The van der Waals surface area contributed by atoms with Gasteiger partial charge >= 0.3 is 6.18 Å². The van der Waals surface area contributed by atoms with Gasteiger partial charge in [-0.1, -0.05) is 6.42 Å². The third-order valence-corrected chi connectivity index (χ3v) is 5.50. The molecule has 8 heteroatoms. The zero-order chi connectivity index (χ0) is 16.9. The summed E-state index contributed by atoms with van der Waals surface area (Å²) in [6, 6.07) is 3.44. The van der Waals surface area contributed by atoms with Crippen molar-refractivity contribution in [3.8, 4) is 0 Å². The number of hydrogen-bond donors (Lipinski definition) is 0. The molecule has 2 aromatic heterocycles. The molecule has 2 aliphatic rings. The number of nitrogens with zero attached hydrogens (tertiary/aromatic N) is 4. The zero-order valence-electron chi connectivity index (χ0n) is 13.0. The van der Waals surface area contributed by atoms with E-state index in [2.05, 4.69) is 10.2 Å².